The van der Waals surface area contributed by atoms with Gasteiger partial charge in [0.05, 0.1) is 32.0 Å². The third-order valence-electron chi connectivity index (χ3n) is 6.64. The average molecular weight is 556 g/mol. The number of rotatable bonds is 12. The lowest BCUT2D eigenvalue weighted by Crippen LogP contribution is -2.47. The molecule has 8 nitrogen and oxygen atoms in total. The third kappa shape index (κ3) is 8.07. The number of aliphatic hydroxyl groups is 5. The van der Waals surface area contributed by atoms with Crippen molar-refractivity contribution in [3.05, 3.63) is 64.2 Å². The molecule has 1 aliphatic heterocycles. The van der Waals surface area contributed by atoms with Crippen LogP contribution in [0.2, 0.25) is 5.02 Å². The molecule has 3 rings (SSSR count). The number of hydrogen-bond acceptors (Lipinski definition) is 7. The highest BCUT2D eigenvalue weighted by Crippen LogP contribution is 2.48. The van der Waals surface area contributed by atoms with Gasteiger partial charge in [-0.05, 0) is 54.0 Å². The first-order valence-corrected chi connectivity index (χ1v) is 14.9. The molecule has 0 radical (unpaired) electrons. The number of carbonyl (C=O) groups excluding carboxylic acids is 1. The first kappa shape index (κ1) is 29.7. The predicted molar refractivity (Wildman–Crippen MR) is 147 cm³/mol. The van der Waals surface area contributed by atoms with Crippen LogP contribution in [0.15, 0.2) is 42.5 Å². The topological polar surface area (TPSA) is 131 Å². The Hall–Kier alpha value is -1.85. The van der Waals surface area contributed by atoms with Gasteiger partial charge in [-0.15, -0.1) is 0 Å². The van der Waals surface area contributed by atoms with Gasteiger partial charge in [-0.1, -0.05) is 35.9 Å². The fourth-order valence-electron chi connectivity index (χ4n) is 4.66. The molecule has 0 spiro atoms. The van der Waals surface area contributed by atoms with Crippen LogP contribution in [-0.2, 0) is 11.2 Å². The Morgan fingerprint density at radius 1 is 1.05 bits per heavy atom. The highest BCUT2D eigenvalue weighted by atomic mass is 35.5. The molecule has 1 aliphatic rings. The monoisotopic (exact) mass is 555 g/mol. The molecule has 5 N–H and O–H groups in total. The van der Waals surface area contributed by atoms with Crippen LogP contribution in [0.4, 0.5) is 0 Å². The van der Waals surface area contributed by atoms with E-state index in [-0.39, 0.29) is 43.9 Å². The van der Waals surface area contributed by atoms with E-state index in [2.05, 4.69) is 0 Å². The summed E-state index contributed by atoms with van der Waals surface area (Å²) >= 11 is 6.48. The third-order valence-corrected chi connectivity index (χ3v) is 9.52. The summed E-state index contributed by atoms with van der Waals surface area (Å²) in [6, 6.07) is 13.3. The van der Waals surface area contributed by atoms with Gasteiger partial charge in [-0.25, -0.2) is 10.9 Å². The smallest absolute Gasteiger partial charge is 0.222 e. The number of thiol groups is 1. The van der Waals surface area contributed by atoms with Crippen molar-refractivity contribution in [3.8, 4) is 5.75 Å². The molecule has 37 heavy (non-hydrogen) atoms. The predicted octanol–water partition coefficient (Wildman–Crippen LogP) is 1.67. The van der Waals surface area contributed by atoms with Crippen molar-refractivity contribution in [2.45, 2.75) is 42.8 Å². The van der Waals surface area contributed by atoms with Gasteiger partial charge in [0.15, 0.2) is 0 Å². The van der Waals surface area contributed by atoms with E-state index >= 15 is 0 Å². The fourth-order valence-corrected chi connectivity index (χ4v) is 7.24. The highest BCUT2D eigenvalue weighted by molar-refractivity contribution is 8.16. The first-order chi connectivity index (χ1) is 17.7. The van der Waals surface area contributed by atoms with Crippen LogP contribution in [0, 0.1) is 0 Å². The molecule has 1 amide bonds. The quantitative estimate of drug-likeness (QED) is 0.173. The number of ether oxygens (including phenoxy) is 1. The average Bonchev–Trinajstić information content (AvgIpc) is 2.87. The molecule has 1 fully saturated rings. The van der Waals surface area contributed by atoms with E-state index in [9.17, 15) is 20.1 Å². The van der Waals surface area contributed by atoms with Crippen molar-refractivity contribution in [2.75, 3.05) is 44.9 Å². The molecule has 0 saturated carbocycles. The Kier molecular flexibility index (Phi) is 11.5. The van der Waals surface area contributed by atoms with E-state index in [4.69, 9.17) is 26.6 Å². The zero-order valence-corrected chi connectivity index (χ0v) is 22.7. The minimum Gasteiger partial charge on any atom is -0.494 e. The van der Waals surface area contributed by atoms with Gasteiger partial charge < -0.3 is 35.2 Å². The van der Waals surface area contributed by atoms with E-state index in [1.807, 2.05) is 48.7 Å². The van der Waals surface area contributed by atoms with Crippen LogP contribution >= 0.6 is 22.5 Å². The van der Waals surface area contributed by atoms with Crippen LogP contribution < -0.4 is 4.74 Å². The van der Waals surface area contributed by atoms with E-state index < -0.39 is 29.2 Å². The number of benzene rings is 2. The number of hydrogen-bond donors (Lipinski definition) is 6. The highest BCUT2D eigenvalue weighted by Gasteiger charge is 2.40. The lowest BCUT2D eigenvalue weighted by molar-refractivity contribution is -0.132. The van der Waals surface area contributed by atoms with Gasteiger partial charge >= 0.3 is 0 Å². The second kappa shape index (κ2) is 14.3. The van der Waals surface area contributed by atoms with E-state index in [1.54, 1.807) is 0 Å². The molecule has 5 atom stereocenters. The maximum atomic E-state index is 12.2. The standard InChI is InChI=1S/C27H38ClNO7S/c1-37-17-23(32)25(34)26(35)27(37)19-6-9-22(28)20(16-19)15-18-4-7-21(8-5-18)36-14-2-3-24(33)29(10-12-30)11-13-31/h4-9,16,23,25-27,30-32,34-35,37H,2-3,10-15,17H2,1H3/t23-,25-,26-,27+/m1/s1. The maximum absolute atomic E-state index is 12.2. The van der Waals surface area contributed by atoms with E-state index in [0.717, 1.165) is 16.7 Å². The zero-order chi connectivity index (χ0) is 26.9. The van der Waals surface area contributed by atoms with Gasteiger partial charge in [0.2, 0.25) is 5.91 Å². The van der Waals surface area contributed by atoms with E-state index in [0.29, 0.717) is 36.0 Å². The Labute approximate surface area is 225 Å². The summed E-state index contributed by atoms with van der Waals surface area (Å²) in [4.78, 5) is 13.6. The molecular formula is C27H38ClNO7S. The first-order valence-electron chi connectivity index (χ1n) is 12.5. The maximum Gasteiger partial charge on any atom is 0.222 e. The van der Waals surface area contributed by atoms with Gasteiger partial charge in [-0.3, -0.25) is 4.79 Å². The van der Waals surface area contributed by atoms with Gasteiger partial charge in [0, 0.05) is 35.5 Å². The number of amides is 1. The summed E-state index contributed by atoms with van der Waals surface area (Å²) in [7, 11) is -0.708. The normalized spacial score (nSPS) is 24.6. The van der Waals surface area contributed by atoms with Crippen LogP contribution in [0.3, 0.4) is 0 Å². The molecule has 1 heterocycles. The lowest BCUT2D eigenvalue weighted by Gasteiger charge is -2.42. The Balaban J connectivity index is 1.56. The lowest BCUT2D eigenvalue weighted by atomic mass is 9.96. The summed E-state index contributed by atoms with van der Waals surface area (Å²) in [5, 5.41) is 49.3. The van der Waals surface area contributed by atoms with Crippen molar-refractivity contribution in [2.24, 2.45) is 0 Å². The molecular weight excluding hydrogens is 518 g/mol. The largest absolute Gasteiger partial charge is 0.494 e. The Bertz CT molecular complexity index is 1000. The van der Waals surface area contributed by atoms with Crippen molar-refractivity contribution in [3.63, 3.8) is 0 Å². The number of nitrogens with zero attached hydrogens (tertiary/aromatic N) is 1. The molecule has 1 unspecified atom stereocenters. The zero-order valence-electron chi connectivity index (χ0n) is 21.0. The SMILES string of the molecule is C[SH]1C[C@@H](O)[C@@H](O)[C@@H](O)[C@@H]1c1ccc(Cl)c(Cc2ccc(OCCCC(=O)N(CCO)CCO)cc2)c1. The van der Waals surface area contributed by atoms with E-state index in [1.165, 1.54) is 4.90 Å². The molecule has 0 bridgehead atoms. The van der Waals surface area contributed by atoms with Gasteiger partial charge in [-0.2, -0.15) is 0 Å². The molecule has 0 aliphatic carbocycles. The summed E-state index contributed by atoms with van der Waals surface area (Å²) in [5.74, 6) is 1.05. The van der Waals surface area contributed by atoms with Crippen LogP contribution in [0.25, 0.3) is 0 Å². The summed E-state index contributed by atoms with van der Waals surface area (Å²) < 4.78 is 5.76. The Morgan fingerprint density at radius 2 is 1.73 bits per heavy atom. The van der Waals surface area contributed by atoms with Gasteiger partial charge in [0.1, 0.15) is 11.9 Å². The van der Waals surface area contributed by atoms with Gasteiger partial charge in [0.25, 0.3) is 0 Å². The number of aliphatic hydroxyl groups excluding tert-OH is 5. The summed E-state index contributed by atoms with van der Waals surface area (Å²) in [6.45, 7) is 0.511. The Morgan fingerprint density at radius 3 is 2.38 bits per heavy atom. The molecule has 0 aromatic heterocycles. The molecule has 2 aromatic rings. The number of carbonyl (C=O) groups is 1. The molecule has 2 aromatic carbocycles. The second-order valence-corrected chi connectivity index (χ2v) is 12.2. The minimum atomic E-state index is -1.16. The minimum absolute atomic E-state index is 0.122. The van der Waals surface area contributed by atoms with Crippen molar-refractivity contribution in [1.29, 1.82) is 0 Å². The second-order valence-electron chi connectivity index (χ2n) is 9.38. The van der Waals surface area contributed by atoms with Crippen LogP contribution in [-0.4, -0.2) is 99.6 Å². The summed E-state index contributed by atoms with van der Waals surface area (Å²) in [6.07, 6.45) is 0.335. The fraction of sp³-hybridized carbons (Fsp3) is 0.519. The van der Waals surface area contributed by atoms with Crippen molar-refractivity contribution < 1.29 is 35.1 Å². The van der Waals surface area contributed by atoms with Crippen LogP contribution in [0.1, 0.15) is 34.8 Å². The van der Waals surface area contributed by atoms with Crippen molar-refractivity contribution >= 4 is 28.4 Å². The molecule has 1 saturated heterocycles. The molecule has 10 heteroatoms. The number of halogens is 1. The van der Waals surface area contributed by atoms with Crippen molar-refractivity contribution in [1.82, 2.24) is 4.90 Å². The summed E-state index contributed by atoms with van der Waals surface area (Å²) in [5.41, 5.74) is 2.86. The van der Waals surface area contributed by atoms with Crippen LogP contribution in [0.5, 0.6) is 5.75 Å². The molecule has 206 valence electrons.